The summed E-state index contributed by atoms with van der Waals surface area (Å²) >= 11 is 3.39. The molecule has 0 saturated heterocycles. The Morgan fingerprint density at radius 2 is 1.36 bits per heavy atom. The van der Waals surface area contributed by atoms with Crippen LogP contribution in [0, 0.1) is 0 Å². The number of hydrazone groups is 1. The molecule has 0 aliphatic heterocycles. The second-order valence-corrected chi connectivity index (χ2v) is 9.50. The molecule has 4 aromatic rings. The first-order chi connectivity index (χ1) is 20.3. The summed E-state index contributed by atoms with van der Waals surface area (Å²) in [7, 11) is 4.36. The number of halogens is 1. The average Bonchev–Trinajstić information content (AvgIpc) is 3.02. The third-order valence-corrected chi connectivity index (χ3v) is 6.38. The number of carbonyl (C=O) groups excluding carboxylic acids is 3. The number of hydrogen-bond donors (Lipinski definition) is 2. The molecule has 0 spiro atoms. The van der Waals surface area contributed by atoms with E-state index < -0.39 is 11.9 Å². The molecule has 0 aromatic heterocycles. The maximum Gasteiger partial charge on any atom is 0.343 e. The second kappa shape index (κ2) is 14.0. The van der Waals surface area contributed by atoms with Crippen molar-refractivity contribution in [1.29, 1.82) is 0 Å². The van der Waals surface area contributed by atoms with Crippen LogP contribution in [0.5, 0.6) is 23.0 Å². The van der Waals surface area contributed by atoms with Crippen LogP contribution in [0.4, 0.5) is 5.69 Å². The zero-order valence-electron chi connectivity index (χ0n) is 22.8. The molecular formula is C31H26BrN3O7. The minimum atomic E-state index is -0.672. The summed E-state index contributed by atoms with van der Waals surface area (Å²) in [5.41, 5.74) is 4.43. The van der Waals surface area contributed by atoms with Gasteiger partial charge in [-0.05, 0) is 66.7 Å². The quantitative estimate of drug-likeness (QED) is 0.0994. The Morgan fingerprint density at radius 3 is 1.98 bits per heavy atom. The number of rotatable bonds is 10. The molecule has 0 aliphatic rings. The topological polar surface area (TPSA) is 125 Å². The minimum Gasteiger partial charge on any atom is -0.493 e. The molecule has 0 unspecified atom stereocenters. The van der Waals surface area contributed by atoms with E-state index >= 15 is 0 Å². The zero-order valence-corrected chi connectivity index (χ0v) is 24.4. The van der Waals surface area contributed by atoms with Crippen LogP contribution in [0.1, 0.15) is 36.6 Å². The molecule has 0 bridgehead atoms. The summed E-state index contributed by atoms with van der Waals surface area (Å²) in [4.78, 5) is 38.0. The highest BCUT2D eigenvalue weighted by atomic mass is 79.9. The second-order valence-electron chi connectivity index (χ2n) is 8.58. The Labute approximate surface area is 250 Å². The van der Waals surface area contributed by atoms with Crippen molar-refractivity contribution in [3.05, 3.63) is 112 Å². The Bertz CT molecular complexity index is 1600. The molecule has 214 valence electrons. The van der Waals surface area contributed by atoms with Gasteiger partial charge in [-0.15, -0.1) is 0 Å². The highest BCUT2D eigenvalue weighted by molar-refractivity contribution is 9.10. The summed E-state index contributed by atoms with van der Waals surface area (Å²) in [5, 5.41) is 6.80. The van der Waals surface area contributed by atoms with E-state index in [1.54, 1.807) is 66.7 Å². The van der Waals surface area contributed by atoms with Gasteiger partial charge in [0.2, 0.25) is 5.75 Å². The van der Waals surface area contributed by atoms with Crippen molar-refractivity contribution in [2.24, 2.45) is 5.10 Å². The van der Waals surface area contributed by atoms with E-state index in [9.17, 15) is 14.4 Å². The Kier molecular flexibility index (Phi) is 9.90. The highest BCUT2D eigenvalue weighted by Gasteiger charge is 2.19. The number of carbonyl (C=O) groups is 3. The maximum atomic E-state index is 13.0. The number of benzene rings is 4. The van der Waals surface area contributed by atoms with Gasteiger partial charge in [-0.25, -0.2) is 10.2 Å². The van der Waals surface area contributed by atoms with Crippen molar-refractivity contribution in [2.75, 3.05) is 26.6 Å². The molecule has 11 heteroatoms. The molecular weight excluding hydrogens is 606 g/mol. The number of methoxy groups -OCH3 is 3. The van der Waals surface area contributed by atoms with E-state index in [1.807, 2.05) is 6.07 Å². The molecule has 0 atom stereocenters. The van der Waals surface area contributed by atoms with Crippen LogP contribution < -0.4 is 29.7 Å². The van der Waals surface area contributed by atoms with Crippen LogP contribution in [0.15, 0.2) is 94.5 Å². The van der Waals surface area contributed by atoms with Crippen molar-refractivity contribution < 1.29 is 33.3 Å². The molecule has 2 N–H and O–H groups in total. The number of amides is 2. The highest BCUT2D eigenvalue weighted by Crippen LogP contribution is 2.38. The normalized spacial score (nSPS) is 10.6. The van der Waals surface area contributed by atoms with Gasteiger partial charge in [0.1, 0.15) is 5.75 Å². The van der Waals surface area contributed by atoms with E-state index in [1.165, 1.54) is 39.7 Å². The Hall–Kier alpha value is -5.16. The summed E-state index contributed by atoms with van der Waals surface area (Å²) in [6, 6.07) is 23.1. The van der Waals surface area contributed by atoms with Crippen LogP contribution in [0.2, 0.25) is 0 Å². The van der Waals surface area contributed by atoms with E-state index in [-0.39, 0.29) is 17.2 Å². The van der Waals surface area contributed by atoms with Crippen molar-refractivity contribution in [2.45, 2.75) is 0 Å². The average molecular weight is 632 g/mol. The molecule has 0 heterocycles. The minimum absolute atomic E-state index is 0.173. The Balaban J connectivity index is 1.43. The predicted molar refractivity (Wildman–Crippen MR) is 161 cm³/mol. The van der Waals surface area contributed by atoms with Crippen LogP contribution in [0.25, 0.3) is 0 Å². The molecule has 10 nitrogen and oxygen atoms in total. The fourth-order valence-corrected chi connectivity index (χ4v) is 4.17. The summed E-state index contributed by atoms with van der Waals surface area (Å²) < 4.78 is 22.3. The largest absolute Gasteiger partial charge is 0.493 e. The molecule has 0 aliphatic carbocycles. The van der Waals surface area contributed by atoms with Crippen LogP contribution >= 0.6 is 15.9 Å². The van der Waals surface area contributed by atoms with Gasteiger partial charge in [-0.3, -0.25) is 9.59 Å². The smallest absolute Gasteiger partial charge is 0.343 e. The van der Waals surface area contributed by atoms with E-state index in [4.69, 9.17) is 18.9 Å². The predicted octanol–water partition coefficient (Wildman–Crippen LogP) is 5.71. The summed E-state index contributed by atoms with van der Waals surface area (Å²) in [5.74, 6) is -0.253. The van der Waals surface area contributed by atoms with Crippen LogP contribution in [-0.2, 0) is 0 Å². The van der Waals surface area contributed by atoms with Gasteiger partial charge in [-0.2, -0.15) is 5.10 Å². The third kappa shape index (κ3) is 7.32. The molecule has 42 heavy (non-hydrogen) atoms. The number of esters is 1. The van der Waals surface area contributed by atoms with Gasteiger partial charge in [0.05, 0.1) is 33.1 Å². The molecule has 0 radical (unpaired) electrons. The summed E-state index contributed by atoms with van der Waals surface area (Å²) in [6.07, 6.45) is 1.36. The number of ether oxygens (including phenoxy) is 4. The lowest BCUT2D eigenvalue weighted by molar-refractivity contribution is 0.0733. The lowest BCUT2D eigenvalue weighted by Gasteiger charge is -2.14. The molecule has 4 rings (SSSR count). The van der Waals surface area contributed by atoms with Crippen molar-refractivity contribution in [3.8, 4) is 23.0 Å². The summed E-state index contributed by atoms with van der Waals surface area (Å²) in [6.45, 7) is 0. The molecule has 0 saturated carbocycles. The molecule has 4 aromatic carbocycles. The first-order valence-corrected chi connectivity index (χ1v) is 13.2. The lowest BCUT2D eigenvalue weighted by Crippen LogP contribution is -2.18. The van der Waals surface area contributed by atoms with Gasteiger partial charge in [0.15, 0.2) is 11.5 Å². The first kappa shape index (κ1) is 29.8. The standard InChI is InChI=1S/C31H26BrN3O7/c1-39-26-16-21(17-27(40-2)28(26)41-3)31(38)42-25-14-11-23(32)15-22(25)18-33-35-30(37)20-9-12-24(13-10-20)34-29(36)19-7-5-4-6-8-19/h4-18H,1-3H3,(H,34,36)(H,35,37)/b33-18+. The zero-order chi connectivity index (χ0) is 30.1. The molecule has 2 amide bonds. The van der Waals surface area contributed by atoms with Crippen molar-refractivity contribution in [1.82, 2.24) is 5.43 Å². The monoisotopic (exact) mass is 631 g/mol. The van der Waals surface area contributed by atoms with Crippen LogP contribution in [-0.4, -0.2) is 45.3 Å². The fraction of sp³-hybridized carbons (Fsp3) is 0.0968. The Morgan fingerprint density at radius 1 is 0.714 bits per heavy atom. The fourth-order valence-electron chi connectivity index (χ4n) is 3.79. The van der Waals surface area contributed by atoms with Gasteiger partial charge < -0.3 is 24.3 Å². The number of nitrogens with zero attached hydrogens (tertiary/aromatic N) is 1. The van der Waals surface area contributed by atoms with E-state index in [0.717, 1.165) is 0 Å². The van der Waals surface area contributed by atoms with Crippen molar-refractivity contribution >= 4 is 45.6 Å². The number of hydrogen-bond acceptors (Lipinski definition) is 8. The lowest BCUT2D eigenvalue weighted by atomic mass is 10.1. The van der Waals surface area contributed by atoms with Crippen molar-refractivity contribution in [3.63, 3.8) is 0 Å². The van der Waals surface area contributed by atoms with E-state index in [2.05, 4.69) is 31.8 Å². The van der Waals surface area contributed by atoms with Gasteiger partial charge in [-0.1, -0.05) is 34.1 Å². The maximum absolute atomic E-state index is 13.0. The van der Waals surface area contributed by atoms with Crippen LogP contribution in [0.3, 0.4) is 0 Å². The van der Waals surface area contributed by atoms with Gasteiger partial charge in [0.25, 0.3) is 11.8 Å². The van der Waals surface area contributed by atoms with Gasteiger partial charge in [0, 0.05) is 26.9 Å². The van der Waals surface area contributed by atoms with E-state index in [0.29, 0.717) is 44.1 Å². The first-order valence-electron chi connectivity index (χ1n) is 12.4. The SMILES string of the molecule is COc1cc(C(=O)Oc2ccc(Br)cc2/C=N/NC(=O)c2ccc(NC(=O)c3ccccc3)cc2)cc(OC)c1OC. The molecule has 0 fully saturated rings. The number of nitrogens with one attached hydrogen (secondary N) is 2. The van der Waals surface area contributed by atoms with Gasteiger partial charge >= 0.3 is 5.97 Å². The third-order valence-electron chi connectivity index (χ3n) is 5.89. The number of anilines is 1.